The van der Waals surface area contributed by atoms with Crippen molar-refractivity contribution in [1.29, 1.82) is 0 Å². The van der Waals surface area contributed by atoms with Crippen molar-refractivity contribution in [3.63, 3.8) is 0 Å². The SMILES string of the molecule is O=C(/C=C/c1nc2ccccc2s1)OCC(=O)N1CCCCC1. The number of piperidine rings is 1. The van der Waals surface area contributed by atoms with Crippen LogP contribution in [0.25, 0.3) is 16.3 Å². The number of rotatable bonds is 4. The molecule has 1 fully saturated rings. The predicted molar refractivity (Wildman–Crippen MR) is 90.0 cm³/mol. The molecule has 23 heavy (non-hydrogen) atoms. The summed E-state index contributed by atoms with van der Waals surface area (Å²) in [6.07, 6.45) is 6.16. The minimum atomic E-state index is -0.519. The van der Waals surface area contributed by atoms with Gasteiger partial charge in [-0.25, -0.2) is 9.78 Å². The van der Waals surface area contributed by atoms with E-state index in [1.807, 2.05) is 24.3 Å². The topological polar surface area (TPSA) is 59.5 Å². The lowest BCUT2D eigenvalue weighted by atomic mass is 10.1. The largest absolute Gasteiger partial charge is 0.452 e. The highest BCUT2D eigenvalue weighted by Gasteiger charge is 2.17. The van der Waals surface area contributed by atoms with Crippen LogP contribution < -0.4 is 0 Å². The van der Waals surface area contributed by atoms with Gasteiger partial charge in [-0.3, -0.25) is 4.79 Å². The molecule has 2 aromatic rings. The van der Waals surface area contributed by atoms with Crippen molar-refractivity contribution in [2.24, 2.45) is 0 Å². The molecule has 3 rings (SSSR count). The zero-order valence-corrected chi connectivity index (χ0v) is 13.6. The number of thiazole rings is 1. The lowest BCUT2D eigenvalue weighted by Crippen LogP contribution is -2.38. The molecule has 2 heterocycles. The van der Waals surface area contributed by atoms with Crippen LogP contribution in [0.4, 0.5) is 0 Å². The minimum Gasteiger partial charge on any atom is -0.452 e. The van der Waals surface area contributed by atoms with Crippen LogP contribution in [0.3, 0.4) is 0 Å². The lowest BCUT2D eigenvalue weighted by molar-refractivity contribution is -0.148. The molecule has 0 aliphatic carbocycles. The molecule has 1 aromatic heterocycles. The second-order valence-electron chi connectivity index (χ2n) is 5.40. The average Bonchev–Trinajstić information content (AvgIpc) is 3.01. The Balaban J connectivity index is 1.51. The van der Waals surface area contributed by atoms with E-state index >= 15 is 0 Å². The van der Waals surface area contributed by atoms with Crippen LogP contribution >= 0.6 is 11.3 Å². The quantitative estimate of drug-likeness (QED) is 0.639. The van der Waals surface area contributed by atoms with E-state index in [-0.39, 0.29) is 12.5 Å². The summed E-state index contributed by atoms with van der Waals surface area (Å²) in [5.41, 5.74) is 0.908. The van der Waals surface area contributed by atoms with E-state index in [9.17, 15) is 9.59 Å². The normalized spacial score (nSPS) is 15.2. The number of amides is 1. The van der Waals surface area contributed by atoms with Crippen molar-refractivity contribution < 1.29 is 14.3 Å². The van der Waals surface area contributed by atoms with Crippen LogP contribution in [-0.2, 0) is 14.3 Å². The molecule has 0 bridgehead atoms. The third-order valence-corrected chi connectivity index (χ3v) is 4.72. The van der Waals surface area contributed by atoms with Gasteiger partial charge in [0.1, 0.15) is 5.01 Å². The van der Waals surface area contributed by atoms with E-state index in [2.05, 4.69) is 4.98 Å². The van der Waals surface area contributed by atoms with Gasteiger partial charge in [-0.1, -0.05) is 12.1 Å². The van der Waals surface area contributed by atoms with Gasteiger partial charge in [-0.2, -0.15) is 0 Å². The summed E-state index contributed by atoms with van der Waals surface area (Å²) in [5, 5.41) is 0.741. The average molecular weight is 330 g/mol. The Morgan fingerprint density at radius 3 is 2.78 bits per heavy atom. The molecule has 1 aliphatic heterocycles. The highest BCUT2D eigenvalue weighted by Crippen LogP contribution is 2.22. The van der Waals surface area contributed by atoms with Crippen molar-refractivity contribution in [3.05, 3.63) is 35.3 Å². The summed E-state index contributed by atoms with van der Waals surface area (Å²) in [6.45, 7) is 1.33. The first-order chi connectivity index (χ1) is 11.2. The lowest BCUT2D eigenvalue weighted by Gasteiger charge is -2.26. The Hall–Kier alpha value is -2.21. The van der Waals surface area contributed by atoms with Crippen LogP contribution in [-0.4, -0.2) is 41.5 Å². The number of ether oxygens (including phenoxy) is 1. The molecule has 0 saturated carbocycles. The summed E-state index contributed by atoms with van der Waals surface area (Å²) < 4.78 is 6.08. The van der Waals surface area contributed by atoms with E-state index in [0.29, 0.717) is 0 Å². The van der Waals surface area contributed by atoms with E-state index < -0.39 is 5.97 Å². The number of hydrogen-bond donors (Lipinski definition) is 0. The number of benzene rings is 1. The van der Waals surface area contributed by atoms with Gasteiger partial charge in [0, 0.05) is 19.2 Å². The molecule has 1 aliphatic rings. The zero-order valence-electron chi connectivity index (χ0n) is 12.7. The highest BCUT2D eigenvalue weighted by molar-refractivity contribution is 7.19. The maximum absolute atomic E-state index is 11.9. The van der Waals surface area contributed by atoms with Gasteiger partial charge in [0.15, 0.2) is 6.61 Å². The van der Waals surface area contributed by atoms with Crippen molar-refractivity contribution in [1.82, 2.24) is 9.88 Å². The standard InChI is InChI=1S/C17H18N2O3S/c20-16(19-10-4-1-5-11-19)12-22-17(21)9-8-15-18-13-6-2-3-7-14(13)23-15/h2-3,6-9H,1,4-5,10-12H2/b9-8+. The van der Waals surface area contributed by atoms with Crippen molar-refractivity contribution in [2.45, 2.75) is 19.3 Å². The third-order valence-electron chi connectivity index (χ3n) is 3.72. The zero-order chi connectivity index (χ0) is 16.1. The van der Waals surface area contributed by atoms with E-state index in [4.69, 9.17) is 4.74 Å². The molecule has 0 atom stereocenters. The Morgan fingerprint density at radius 2 is 2.00 bits per heavy atom. The molecule has 1 saturated heterocycles. The molecule has 0 unspecified atom stereocenters. The molecular weight excluding hydrogens is 312 g/mol. The van der Waals surface area contributed by atoms with Gasteiger partial charge >= 0.3 is 5.97 Å². The molecule has 120 valence electrons. The number of hydrogen-bond acceptors (Lipinski definition) is 5. The van der Waals surface area contributed by atoms with Crippen molar-refractivity contribution in [2.75, 3.05) is 19.7 Å². The molecule has 5 nitrogen and oxygen atoms in total. The van der Waals surface area contributed by atoms with E-state index in [0.717, 1.165) is 47.6 Å². The molecule has 6 heteroatoms. The highest BCUT2D eigenvalue weighted by atomic mass is 32.1. The fraction of sp³-hybridized carbons (Fsp3) is 0.353. The maximum Gasteiger partial charge on any atom is 0.331 e. The molecule has 0 radical (unpaired) electrons. The van der Waals surface area contributed by atoms with Gasteiger partial charge in [0.2, 0.25) is 0 Å². The summed E-state index contributed by atoms with van der Waals surface area (Å²) >= 11 is 1.51. The minimum absolute atomic E-state index is 0.119. The molecule has 1 aromatic carbocycles. The number of carbonyl (C=O) groups excluding carboxylic acids is 2. The summed E-state index contributed by atoms with van der Waals surface area (Å²) in [4.78, 5) is 29.8. The first-order valence-corrected chi connectivity index (χ1v) is 8.52. The van der Waals surface area contributed by atoms with Crippen LogP contribution in [0.1, 0.15) is 24.3 Å². The number of carbonyl (C=O) groups is 2. The van der Waals surface area contributed by atoms with Gasteiger partial charge < -0.3 is 9.64 Å². The van der Waals surface area contributed by atoms with Gasteiger partial charge in [0.25, 0.3) is 5.91 Å². The Bertz CT molecular complexity index is 699. The fourth-order valence-corrected chi connectivity index (χ4v) is 3.39. The summed E-state index contributed by atoms with van der Waals surface area (Å²) in [7, 11) is 0. The van der Waals surface area contributed by atoms with Crippen LogP contribution in [0.5, 0.6) is 0 Å². The Labute approximate surface area is 138 Å². The summed E-state index contributed by atoms with van der Waals surface area (Å²) in [6, 6.07) is 7.79. The molecule has 1 amide bonds. The Morgan fingerprint density at radius 1 is 1.22 bits per heavy atom. The monoisotopic (exact) mass is 330 g/mol. The predicted octanol–water partition coefficient (Wildman–Crippen LogP) is 2.87. The van der Waals surface area contributed by atoms with Crippen molar-refractivity contribution in [3.8, 4) is 0 Å². The second-order valence-corrected chi connectivity index (χ2v) is 6.46. The number of para-hydroxylation sites is 1. The first-order valence-electron chi connectivity index (χ1n) is 7.70. The van der Waals surface area contributed by atoms with Gasteiger partial charge in [0.05, 0.1) is 10.2 Å². The Kier molecular flexibility index (Phi) is 5.02. The molecule has 0 N–H and O–H groups in total. The maximum atomic E-state index is 11.9. The number of nitrogens with zero attached hydrogens (tertiary/aromatic N) is 2. The van der Waals surface area contributed by atoms with E-state index in [1.54, 1.807) is 11.0 Å². The number of esters is 1. The van der Waals surface area contributed by atoms with Gasteiger partial charge in [-0.05, 0) is 37.5 Å². The second kappa shape index (κ2) is 7.37. The van der Waals surface area contributed by atoms with Crippen LogP contribution in [0, 0.1) is 0 Å². The first kappa shape index (κ1) is 15.7. The van der Waals surface area contributed by atoms with Gasteiger partial charge in [-0.15, -0.1) is 11.3 Å². The third kappa shape index (κ3) is 4.16. The smallest absolute Gasteiger partial charge is 0.331 e. The summed E-state index contributed by atoms with van der Waals surface area (Å²) in [5.74, 6) is -0.638. The number of aromatic nitrogens is 1. The van der Waals surface area contributed by atoms with Crippen LogP contribution in [0.15, 0.2) is 30.3 Å². The number of fused-ring (bicyclic) bond motifs is 1. The van der Waals surface area contributed by atoms with E-state index in [1.165, 1.54) is 17.4 Å². The fourth-order valence-electron chi connectivity index (χ4n) is 2.52. The van der Waals surface area contributed by atoms with Crippen LogP contribution in [0.2, 0.25) is 0 Å². The number of likely N-dealkylation sites (tertiary alicyclic amines) is 1. The molecule has 0 spiro atoms. The molecular formula is C17H18N2O3S. The van der Waals surface area contributed by atoms with Crippen molar-refractivity contribution >= 4 is 39.5 Å².